The summed E-state index contributed by atoms with van der Waals surface area (Å²) in [6.45, 7) is 12.7. The van der Waals surface area contributed by atoms with Crippen molar-refractivity contribution in [3.63, 3.8) is 0 Å². The second-order valence-electron chi connectivity index (χ2n) is 13.4. The molecule has 3 aliphatic heterocycles. The number of ether oxygens (including phenoxy) is 2. The smallest absolute Gasteiger partial charge is 0.245 e. The number of aromatic nitrogens is 2. The number of anilines is 2. The summed E-state index contributed by atoms with van der Waals surface area (Å²) in [5, 5.41) is 14.4. The summed E-state index contributed by atoms with van der Waals surface area (Å²) in [6.07, 6.45) is 8.02. The maximum Gasteiger partial charge on any atom is 0.245 e. The van der Waals surface area contributed by atoms with Crippen molar-refractivity contribution in [2.45, 2.75) is 56.7 Å². The largest absolute Gasteiger partial charge is 0.398 e. The number of carbonyl (C=O) groups excluding carboxylic acids is 1. The summed E-state index contributed by atoms with van der Waals surface area (Å²) < 4.78 is 13.8. The van der Waals surface area contributed by atoms with E-state index in [1.165, 1.54) is 18.7 Å². The summed E-state index contributed by atoms with van der Waals surface area (Å²) in [7, 11) is 0. The van der Waals surface area contributed by atoms with E-state index in [-0.39, 0.29) is 29.0 Å². The highest BCUT2D eigenvalue weighted by atomic mass is 35.5. The lowest BCUT2D eigenvalue weighted by Gasteiger charge is -2.59. The Balaban J connectivity index is 1.24. The third-order valence-corrected chi connectivity index (χ3v) is 11.4. The van der Waals surface area contributed by atoms with Crippen LogP contribution in [0.1, 0.15) is 49.4 Å². The highest BCUT2D eigenvalue weighted by molar-refractivity contribution is 6.44. The average molecular weight is 643 g/mol. The fourth-order valence-corrected chi connectivity index (χ4v) is 8.77. The van der Waals surface area contributed by atoms with Gasteiger partial charge >= 0.3 is 0 Å². The van der Waals surface area contributed by atoms with Gasteiger partial charge in [0.25, 0.3) is 0 Å². The second kappa shape index (κ2) is 11.3. The minimum atomic E-state index is -0.0457. The van der Waals surface area contributed by atoms with Crippen LogP contribution in [-0.4, -0.2) is 102 Å². The van der Waals surface area contributed by atoms with Gasteiger partial charge in [-0.05, 0) is 51.2 Å². The van der Waals surface area contributed by atoms with E-state index >= 15 is 0 Å². The lowest BCUT2D eigenvalue weighted by atomic mass is 9.60. The number of nitrogens with one attached hydrogen (secondary N) is 1. The molecule has 1 atom stereocenters. The molecular weight excluding hydrogens is 601 g/mol. The third-order valence-electron chi connectivity index (χ3n) is 10.7. The van der Waals surface area contributed by atoms with Crippen LogP contribution in [0, 0.1) is 17.7 Å². The van der Waals surface area contributed by atoms with Crippen LogP contribution in [0.3, 0.4) is 0 Å². The van der Waals surface area contributed by atoms with E-state index in [0.29, 0.717) is 46.7 Å². The number of likely N-dealkylation sites (tertiary alicyclic amines) is 1. The Morgan fingerprint density at radius 1 is 1.20 bits per heavy atom. The van der Waals surface area contributed by atoms with Crippen molar-refractivity contribution in [1.82, 2.24) is 19.6 Å². The summed E-state index contributed by atoms with van der Waals surface area (Å²) in [5.74, 6) is 0.891. The lowest BCUT2D eigenvalue weighted by Crippen LogP contribution is -2.67. The fourth-order valence-electron chi connectivity index (χ4n) is 8.31. The van der Waals surface area contributed by atoms with E-state index in [4.69, 9.17) is 48.9 Å². The van der Waals surface area contributed by atoms with E-state index in [1.54, 1.807) is 6.07 Å². The van der Waals surface area contributed by atoms with Gasteiger partial charge in [-0.3, -0.25) is 14.4 Å². The molecule has 3 N–H and O–H groups in total. The quantitative estimate of drug-likeness (QED) is 0.259. The summed E-state index contributed by atoms with van der Waals surface area (Å²) in [5.41, 5.74) is 10.1. The molecule has 1 amide bonds. The Kier molecular flexibility index (Phi) is 7.73. The molecule has 0 bridgehead atoms. The summed E-state index contributed by atoms with van der Waals surface area (Å²) in [4.78, 5) is 19.0. The van der Waals surface area contributed by atoms with Crippen molar-refractivity contribution >= 4 is 46.8 Å². The van der Waals surface area contributed by atoms with Crippen LogP contribution in [0.5, 0.6) is 0 Å². The van der Waals surface area contributed by atoms with Gasteiger partial charge in [0, 0.05) is 79.0 Å². The van der Waals surface area contributed by atoms with Gasteiger partial charge in [-0.15, -0.1) is 0 Å². The molecule has 10 nitrogen and oxygen atoms in total. The molecule has 12 heteroatoms. The van der Waals surface area contributed by atoms with E-state index in [9.17, 15) is 4.79 Å². The molecule has 0 radical (unpaired) electrons. The van der Waals surface area contributed by atoms with Gasteiger partial charge in [-0.2, -0.15) is 5.10 Å². The minimum Gasteiger partial charge on any atom is -0.398 e. The number of hydrogen-bond acceptors (Lipinski definition) is 8. The standard InChI is InChI=1S/C32H41Cl2N7O3/c1-3-26(42)39-17-31(18-39)12-21(13-31)41-20(2)27(28-23(14-35)25(36)11-24(33)29(28)34)30(37-41)40-8-7-38(19-32(40)5-4-6-32)15-22-16-43-9-10-44-22/h3,11,14,21-22,35H,1,4-10,12-13,15-19,36H2,2H3. The molecule has 236 valence electrons. The van der Waals surface area contributed by atoms with Gasteiger partial charge in [-0.25, -0.2) is 0 Å². The molecule has 2 saturated carbocycles. The zero-order valence-corrected chi connectivity index (χ0v) is 26.8. The predicted octanol–water partition coefficient (Wildman–Crippen LogP) is 4.55. The molecule has 1 aromatic heterocycles. The molecule has 3 saturated heterocycles. The number of hydrogen-bond donors (Lipinski definition) is 2. The second-order valence-corrected chi connectivity index (χ2v) is 14.2. The van der Waals surface area contributed by atoms with E-state index in [1.807, 2.05) is 4.90 Å². The third kappa shape index (κ3) is 4.85. The molecule has 5 aliphatic rings. The van der Waals surface area contributed by atoms with Crippen molar-refractivity contribution < 1.29 is 14.3 Å². The molecule has 2 spiro atoms. The van der Waals surface area contributed by atoms with Crippen LogP contribution in [0.25, 0.3) is 11.1 Å². The van der Waals surface area contributed by atoms with Gasteiger partial charge in [0.2, 0.25) is 5.91 Å². The van der Waals surface area contributed by atoms with Gasteiger partial charge < -0.3 is 30.4 Å². The topological polar surface area (TPSA) is 113 Å². The Bertz CT molecular complexity index is 1490. The number of nitrogens with two attached hydrogens (primary N) is 1. The Hall–Kier alpha value is -2.63. The average Bonchev–Trinajstić information content (AvgIpc) is 3.28. The number of benzene rings is 1. The van der Waals surface area contributed by atoms with Crippen LogP contribution in [0.4, 0.5) is 11.5 Å². The number of nitrogen functional groups attached to an aromatic ring is 1. The van der Waals surface area contributed by atoms with Crippen LogP contribution in [0.15, 0.2) is 18.7 Å². The van der Waals surface area contributed by atoms with E-state index < -0.39 is 0 Å². The molecule has 5 fully saturated rings. The van der Waals surface area contributed by atoms with E-state index in [2.05, 4.69) is 28.0 Å². The van der Waals surface area contributed by atoms with Crippen LogP contribution in [0.2, 0.25) is 10.0 Å². The zero-order chi connectivity index (χ0) is 30.8. The molecule has 1 unspecified atom stereocenters. The first-order valence-corrected chi connectivity index (χ1v) is 16.4. The van der Waals surface area contributed by atoms with Crippen LogP contribution < -0.4 is 10.6 Å². The molecular formula is C32H41Cl2N7O3. The molecule has 2 aliphatic carbocycles. The van der Waals surface area contributed by atoms with Crippen LogP contribution in [-0.2, 0) is 14.3 Å². The van der Waals surface area contributed by atoms with Crippen molar-refractivity contribution in [2.24, 2.45) is 5.41 Å². The molecule has 44 heavy (non-hydrogen) atoms. The monoisotopic (exact) mass is 641 g/mol. The first-order valence-electron chi connectivity index (χ1n) is 15.7. The Morgan fingerprint density at radius 2 is 1.98 bits per heavy atom. The van der Waals surface area contributed by atoms with Crippen molar-refractivity contribution in [3.05, 3.63) is 40.0 Å². The normalized spacial score (nSPS) is 24.6. The number of carbonyl (C=O) groups is 1. The maximum absolute atomic E-state index is 12.1. The molecule has 4 heterocycles. The zero-order valence-electron chi connectivity index (χ0n) is 25.3. The Morgan fingerprint density at radius 3 is 2.61 bits per heavy atom. The predicted molar refractivity (Wildman–Crippen MR) is 173 cm³/mol. The molecule has 7 rings (SSSR count). The fraction of sp³-hybridized carbons (Fsp3) is 0.594. The van der Waals surface area contributed by atoms with Gasteiger partial charge in [0.05, 0.1) is 47.6 Å². The number of amides is 1. The summed E-state index contributed by atoms with van der Waals surface area (Å²) >= 11 is 13.6. The number of piperazine rings is 1. The molecule has 2 aromatic rings. The van der Waals surface area contributed by atoms with Crippen molar-refractivity contribution in [1.29, 1.82) is 5.41 Å². The highest BCUT2D eigenvalue weighted by Crippen LogP contribution is 2.56. The first-order chi connectivity index (χ1) is 21.2. The number of nitrogens with zero attached hydrogens (tertiary/aromatic N) is 5. The van der Waals surface area contributed by atoms with Crippen LogP contribution >= 0.6 is 23.2 Å². The highest BCUT2D eigenvalue weighted by Gasteiger charge is 2.55. The Labute approximate surface area is 268 Å². The maximum atomic E-state index is 12.1. The SMILES string of the molecule is C=CC(=O)N1CC2(CC(n3nc(N4CCN(CC5COCCO5)CC45CCC5)c(-c4c(Cl)c(Cl)cc(N)c4C=N)c3C)C2)C1. The summed E-state index contributed by atoms with van der Waals surface area (Å²) in [6, 6.07) is 1.84. The van der Waals surface area contributed by atoms with Gasteiger partial charge in [-0.1, -0.05) is 29.8 Å². The first kappa shape index (κ1) is 30.0. The minimum absolute atomic E-state index is 0.00112. The molecule has 1 aromatic carbocycles. The van der Waals surface area contributed by atoms with E-state index in [0.717, 1.165) is 82.0 Å². The van der Waals surface area contributed by atoms with Crippen molar-refractivity contribution in [2.75, 3.05) is 69.7 Å². The number of rotatable bonds is 7. The van der Waals surface area contributed by atoms with Crippen molar-refractivity contribution in [3.8, 4) is 11.1 Å². The lowest BCUT2D eigenvalue weighted by molar-refractivity contribution is -0.149. The van der Waals surface area contributed by atoms with Gasteiger partial charge in [0.1, 0.15) is 0 Å². The van der Waals surface area contributed by atoms with Gasteiger partial charge in [0.15, 0.2) is 5.82 Å². The number of halogens is 2.